The maximum atomic E-state index is 13.1. The van der Waals surface area contributed by atoms with Crippen LogP contribution in [0.25, 0.3) is 0 Å². The lowest BCUT2D eigenvalue weighted by molar-refractivity contribution is -0.0241. The number of halogens is 2. The third-order valence-corrected chi connectivity index (χ3v) is 3.39. The van der Waals surface area contributed by atoms with Gasteiger partial charge < -0.3 is 10.1 Å². The molecule has 1 spiro atoms. The highest BCUT2D eigenvalue weighted by atomic mass is 35.5. The van der Waals surface area contributed by atoms with E-state index in [1.54, 1.807) is 6.07 Å². The quantitative estimate of drug-likeness (QED) is 0.723. The minimum absolute atomic E-state index is 0. The van der Waals surface area contributed by atoms with Gasteiger partial charge in [0, 0.05) is 18.4 Å². The van der Waals surface area contributed by atoms with Gasteiger partial charge in [0.05, 0.1) is 5.56 Å². The van der Waals surface area contributed by atoms with Crippen LogP contribution in [-0.2, 0) is 10.3 Å². The van der Waals surface area contributed by atoms with Gasteiger partial charge in [-0.1, -0.05) is 6.07 Å². The van der Waals surface area contributed by atoms with Crippen LogP contribution in [-0.4, -0.2) is 19.1 Å². The Hall–Kier alpha value is -1.13. The van der Waals surface area contributed by atoms with Crippen LogP contribution >= 0.6 is 12.4 Å². The molecule has 1 aromatic rings. The number of nitrogens with one attached hydrogen (secondary N) is 1. The Bertz CT molecular complexity index is 458. The lowest BCUT2D eigenvalue weighted by Crippen LogP contribution is -2.39. The van der Waals surface area contributed by atoms with Crippen molar-refractivity contribution in [2.75, 3.05) is 13.1 Å². The third-order valence-electron chi connectivity index (χ3n) is 3.39. The first kappa shape index (κ1) is 12.3. The zero-order valence-electron chi connectivity index (χ0n) is 9.16. The molecule has 17 heavy (non-hydrogen) atoms. The molecular formula is C12H13ClFNO2. The Morgan fingerprint density at radius 1 is 1.29 bits per heavy atom. The fourth-order valence-corrected chi connectivity index (χ4v) is 2.57. The highest BCUT2D eigenvalue weighted by molar-refractivity contribution is 5.94. The minimum Gasteiger partial charge on any atom is -0.450 e. The van der Waals surface area contributed by atoms with Gasteiger partial charge in [-0.25, -0.2) is 9.18 Å². The van der Waals surface area contributed by atoms with E-state index in [9.17, 15) is 9.18 Å². The van der Waals surface area contributed by atoms with Crippen molar-refractivity contribution in [1.29, 1.82) is 0 Å². The minimum atomic E-state index is -0.509. The van der Waals surface area contributed by atoms with Gasteiger partial charge in [0.1, 0.15) is 11.4 Å². The number of carbonyl (C=O) groups is 1. The molecular weight excluding hydrogens is 245 g/mol. The summed E-state index contributed by atoms with van der Waals surface area (Å²) >= 11 is 0. The summed E-state index contributed by atoms with van der Waals surface area (Å²) in [4.78, 5) is 11.7. The maximum Gasteiger partial charge on any atom is 0.339 e. The van der Waals surface area contributed by atoms with Crippen molar-refractivity contribution in [1.82, 2.24) is 5.32 Å². The largest absolute Gasteiger partial charge is 0.450 e. The van der Waals surface area contributed by atoms with Gasteiger partial charge in [-0.15, -0.1) is 12.4 Å². The molecule has 1 saturated heterocycles. The van der Waals surface area contributed by atoms with E-state index in [1.807, 2.05) is 0 Å². The van der Waals surface area contributed by atoms with E-state index in [2.05, 4.69) is 5.32 Å². The van der Waals surface area contributed by atoms with E-state index in [0.29, 0.717) is 5.56 Å². The average molecular weight is 258 g/mol. The first-order chi connectivity index (χ1) is 7.71. The topological polar surface area (TPSA) is 38.3 Å². The number of hydrogen-bond acceptors (Lipinski definition) is 3. The molecule has 0 aliphatic carbocycles. The number of ether oxygens (including phenoxy) is 1. The van der Waals surface area contributed by atoms with Crippen LogP contribution in [0.2, 0.25) is 0 Å². The van der Waals surface area contributed by atoms with Crippen LogP contribution in [0.15, 0.2) is 18.2 Å². The molecule has 2 heterocycles. The number of piperidine rings is 1. The first-order valence-corrected chi connectivity index (χ1v) is 5.45. The van der Waals surface area contributed by atoms with Crippen molar-refractivity contribution in [2.45, 2.75) is 18.4 Å². The molecule has 0 radical (unpaired) electrons. The Balaban J connectivity index is 0.00000108. The number of benzene rings is 1. The van der Waals surface area contributed by atoms with E-state index in [1.165, 1.54) is 12.1 Å². The van der Waals surface area contributed by atoms with Gasteiger partial charge in [-0.05, 0) is 25.2 Å². The van der Waals surface area contributed by atoms with Crippen molar-refractivity contribution in [3.8, 4) is 0 Å². The summed E-state index contributed by atoms with van der Waals surface area (Å²) in [5, 5.41) is 3.23. The molecule has 1 N–H and O–H groups in total. The van der Waals surface area contributed by atoms with Gasteiger partial charge in [0.25, 0.3) is 0 Å². The van der Waals surface area contributed by atoms with Crippen LogP contribution in [0.3, 0.4) is 0 Å². The summed E-state index contributed by atoms with van der Waals surface area (Å²) in [6.07, 6.45) is 1.52. The summed E-state index contributed by atoms with van der Waals surface area (Å²) in [6.45, 7) is 1.65. The number of carbonyl (C=O) groups excluding carboxylic acids is 1. The van der Waals surface area contributed by atoms with E-state index in [0.717, 1.165) is 31.5 Å². The molecule has 0 bridgehead atoms. The standard InChI is InChI=1S/C12H12FNO2.ClH/c13-8-1-2-10-9(7-8)11(15)16-12(10)3-5-14-6-4-12;/h1-2,7,14H,3-6H2;1H. The van der Waals surface area contributed by atoms with Gasteiger partial charge in [-0.3, -0.25) is 0 Å². The SMILES string of the molecule is Cl.O=C1OC2(CCNCC2)c2ccc(F)cc21. The monoisotopic (exact) mass is 257 g/mol. The molecule has 92 valence electrons. The molecule has 0 aromatic heterocycles. The van der Waals surface area contributed by atoms with Crippen molar-refractivity contribution in [3.63, 3.8) is 0 Å². The molecule has 1 aromatic carbocycles. The van der Waals surface area contributed by atoms with Gasteiger partial charge in [-0.2, -0.15) is 0 Å². The predicted octanol–water partition coefficient (Wildman–Crippen LogP) is 2.00. The van der Waals surface area contributed by atoms with Crippen molar-refractivity contribution >= 4 is 18.4 Å². The number of rotatable bonds is 0. The van der Waals surface area contributed by atoms with Gasteiger partial charge in [0.15, 0.2) is 0 Å². The number of hydrogen-bond donors (Lipinski definition) is 1. The molecule has 0 saturated carbocycles. The summed E-state index contributed by atoms with van der Waals surface area (Å²) in [6, 6.07) is 4.35. The van der Waals surface area contributed by atoms with Crippen molar-refractivity contribution in [2.24, 2.45) is 0 Å². The molecule has 0 amide bonds. The Morgan fingerprint density at radius 2 is 2.00 bits per heavy atom. The molecule has 1 fully saturated rings. The normalized spacial score (nSPS) is 20.6. The van der Waals surface area contributed by atoms with Crippen LogP contribution in [0, 0.1) is 5.82 Å². The Labute approximate surface area is 105 Å². The fraction of sp³-hybridized carbons (Fsp3) is 0.417. The fourth-order valence-electron chi connectivity index (χ4n) is 2.57. The molecule has 0 atom stereocenters. The zero-order chi connectivity index (χ0) is 11.2. The lowest BCUT2D eigenvalue weighted by atomic mass is 9.84. The molecule has 5 heteroatoms. The smallest absolute Gasteiger partial charge is 0.339 e. The van der Waals surface area contributed by atoms with E-state index in [4.69, 9.17) is 4.74 Å². The summed E-state index contributed by atoms with van der Waals surface area (Å²) < 4.78 is 18.5. The molecule has 2 aliphatic heterocycles. The zero-order valence-corrected chi connectivity index (χ0v) is 9.98. The van der Waals surface area contributed by atoms with E-state index >= 15 is 0 Å². The molecule has 2 aliphatic rings. The number of esters is 1. The van der Waals surface area contributed by atoms with E-state index in [-0.39, 0.29) is 18.2 Å². The Morgan fingerprint density at radius 3 is 2.71 bits per heavy atom. The second kappa shape index (κ2) is 4.27. The second-order valence-electron chi connectivity index (χ2n) is 4.32. The number of fused-ring (bicyclic) bond motifs is 2. The predicted molar refractivity (Wildman–Crippen MR) is 62.8 cm³/mol. The maximum absolute atomic E-state index is 13.1. The van der Waals surface area contributed by atoms with Crippen LogP contribution < -0.4 is 5.32 Å². The molecule has 3 nitrogen and oxygen atoms in total. The summed E-state index contributed by atoms with van der Waals surface area (Å²) in [7, 11) is 0. The third kappa shape index (κ3) is 1.81. The summed E-state index contributed by atoms with van der Waals surface area (Å²) in [5.41, 5.74) is 0.730. The Kier molecular flexibility index (Phi) is 3.10. The summed E-state index contributed by atoms with van der Waals surface area (Å²) in [5.74, 6) is -0.780. The van der Waals surface area contributed by atoms with Crippen molar-refractivity contribution in [3.05, 3.63) is 35.1 Å². The molecule has 3 rings (SSSR count). The van der Waals surface area contributed by atoms with Crippen LogP contribution in [0.4, 0.5) is 4.39 Å². The highest BCUT2D eigenvalue weighted by Crippen LogP contribution is 2.42. The van der Waals surface area contributed by atoms with Crippen molar-refractivity contribution < 1.29 is 13.9 Å². The first-order valence-electron chi connectivity index (χ1n) is 5.45. The average Bonchev–Trinajstić information content (AvgIpc) is 2.53. The highest BCUT2D eigenvalue weighted by Gasteiger charge is 2.46. The van der Waals surface area contributed by atoms with E-state index < -0.39 is 11.6 Å². The van der Waals surface area contributed by atoms with Crippen LogP contribution in [0.1, 0.15) is 28.8 Å². The molecule has 0 unspecified atom stereocenters. The lowest BCUT2D eigenvalue weighted by Gasteiger charge is -2.33. The van der Waals surface area contributed by atoms with Gasteiger partial charge in [0.2, 0.25) is 0 Å². The van der Waals surface area contributed by atoms with Crippen LogP contribution in [0.5, 0.6) is 0 Å². The van der Waals surface area contributed by atoms with Gasteiger partial charge >= 0.3 is 5.97 Å². The second-order valence-corrected chi connectivity index (χ2v) is 4.32.